The lowest BCUT2D eigenvalue weighted by Gasteiger charge is -2.16. The Morgan fingerprint density at radius 2 is 1.38 bits per heavy atom. The van der Waals surface area contributed by atoms with Crippen molar-refractivity contribution in [2.45, 2.75) is 75.1 Å². The van der Waals surface area contributed by atoms with Gasteiger partial charge in [0.15, 0.2) is 11.6 Å². The van der Waals surface area contributed by atoms with Crippen LogP contribution in [0.1, 0.15) is 62.5 Å². The van der Waals surface area contributed by atoms with Crippen LogP contribution in [0.3, 0.4) is 0 Å². The van der Waals surface area contributed by atoms with Gasteiger partial charge in [0.1, 0.15) is 12.4 Å². The standard InChI is InChI=1S/C46H65FN8O12S/c47-32-6-3-7-33(28-32)51-45-35-26-31-27-37(38(67-60)29-34(31)43(35)54-55-45)66-25-24-65-23-20-63-17-14-50-42(58)11-10-41(57)49-13-5-16-62-19-22-64-21-18-61-15-4-12-48-40(56)9-2-1-8-39-44-36(30-68-39)52-46(59)53-44/h3,6-7,27-29,36,39,44,60H,1-2,4-5,8-26,30H2,(H,48,56)(H,49,57)(H,50,58)(H2,51,54,55)(H2,52,53,59)/t36-,39?,44-/m0/s1. The number of fused-ring (bicyclic) bond motifs is 4. The fourth-order valence-corrected chi connectivity index (χ4v) is 9.37. The van der Waals surface area contributed by atoms with Gasteiger partial charge < -0.3 is 65.2 Å². The van der Waals surface area contributed by atoms with E-state index in [0.29, 0.717) is 114 Å². The van der Waals surface area contributed by atoms with Crippen LogP contribution in [0.2, 0.25) is 0 Å². The lowest BCUT2D eigenvalue weighted by Crippen LogP contribution is -2.36. The third kappa shape index (κ3) is 17.4. The number of hydrogen-bond donors (Lipinski definition) is 8. The molecule has 5 amide bonds. The zero-order valence-electron chi connectivity index (χ0n) is 38.3. The van der Waals surface area contributed by atoms with Gasteiger partial charge in [0, 0.05) is 86.3 Å². The second-order valence-corrected chi connectivity index (χ2v) is 17.6. The smallest absolute Gasteiger partial charge is 0.315 e. The Labute approximate surface area is 399 Å². The van der Waals surface area contributed by atoms with Crippen molar-refractivity contribution < 1.29 is 62.1 Å². The number of nitrogens with zero attached hydrogens (tertiary/aromatic N) is 1. The predicted molar refractivity (Wildman–Crippen MR) is 251 cm³/mol. The molecule has 1 aliphatic carbocycles. The lowest BCUT2D eigenvalue weighted by atomic mass is 10.0. The van der Waals surface area contributed by atoms with Crippen LogP contribution >= 0.6 is 11.8 Å². The van der Waals surface area contributed by atoms with Gasteiger partial charge in [0.2, 0.25) is 23.5 Å². The fourth-order valence-electron chi connectivity index (χ4n) is 7.83. The first-order chi connectivity index (χ1) is 33.3. The van der Waals surface area contributed by atoms with Crippen LogP contribution in [0.4, 0.5) is 20.7 Å². The molecule has 0 radical (unpaired) electrons. The Bertz CT molecular complexity index is 2070. The monoisotopic (exact) mass is 972 g/mol. The van der Waals surface area contributed by atoms with Crippen LogP contribution in [0, 0.1) is 5.82 Å². The summed E-state index contributed by atoms with van der Waals surface area (Å²) in [6.45, 7) is 5.43. The van der Waals surface area contributed by atoms with E-state index in [9.17, 15) is 28.8 Å². The van der Waals surface area contributed by atoms with Crippen molar-refractivity contribution in [1.29, 1.82) is 0 Å². The number of aromatic amines is 1. The number of ether oxygens (including phenoxy) is 6. The maximum absolute atomic E-state index is 13.7. The molecule has 2 aliphatic heterocycles. The number of halogens is 1. The highest BCUT2D eigenvalue weighted by molar-refractivity contribution is 8.00. The Hall–Kier alpha value is -5.23. The molecular formula is C46H65FN8O12S. The molecule has 2 saturated heterocycles. The van der Waals surface area contributed by atoms with Crippen LogP contribution in [-0.2, 0) is 44.5 Å². The molecule has 3 heterocycles. The number of carbonyl (C=O) groups excluding carboxylic acids is 4. The summed E-state index contributed by atoms with van der Waals surface area (Å²) in [4.78, 5) is 52.5. The van der Waals surface area contributed by atoms with Gasteiger partial charge in [0.25, 0.3) is 0 Å². The maximum atomic E-state index is 13.7. The topological polar surface area (TPSA) is 254 Å². The van der Waals surface area contributed by atoms with Crippen molar-refractivity contribution in [3.05, 3.63) is 53.3 Å². The second-order valence-electron chi connectivity index (χ2n) is 16.3. The van der Waals surface area contributed by atoms with Crippen molar-refractivity contribution in [3.8, 4) is 22.8 Å². The molecule has 0 bridgehead atoms. The first-order valence-electron chi connectivity index (χ1n) is 23.4. The molecule has 22 heteroatoms. The van der Waals surface area contributed by atoms with Gasteiger partial charge in [-0.2, -0.15) is 16.9 Å². The molecular weight excluding hydrogens is 908 g/mol. The van der Waals surface area contributed by atoms with E-state index in [1.54, 1.807) is 24.3 Å². The number of thioether (sulfide) groups is 1. The van der Waals surface area contributed by atoms with Crippen LogP contribution in [0.25, 0.3) is 11.3 Å². The number of nitrogens with one attached hydrogen (secondary N) is 7. The Morgan fingerprint density at radius 3 is 2.07 bits per heavy atom. The number of hydrogen-bond acceptors (Lipinski definition) is 15. The lowest BCUT2D eigenvalue weighted by molar-refractivity contribution is -0.139. The van der Waals surface area contributed by atoms with Gasteiger partial charge in [-0.25, -0.2) is 14.4 Å². The summed E-state index contributed by atoms with van der Waals surface area (Å²) in [7, 11) is 0. The van der Waals surface area contributed by atoms with Gasteiger partial charge in [-0.3, -0.25) is 19.5 Å². The number of benzene rings is 2. The predicted octanol–water partition coefficient (Wildman–Crippen LogP) is 3.81. The van der Waals surface area contributed by atoms with Crippen LogP contribution in [0.15, 0.2) is 36.4 Å². The minimum absolute atomic E-state index is 0.0554. The first kappa shape index (κ1) is 52.1. The van der Waals surface area contributed by atoms with Crippen molar-refractivity contribution >= 4 is 47.0 Å². The number of urea groups is 1. The Morgan fingerprint density at radius 1 is 0.735 bits per heavy atom. The first-order valence-corrected chi connectivity index (χ1v) is 24.4. The molecule has 3 aromatic rings. The number of H-pyrrole nitrogens is 1. The zero-order valence-corrected chi connectivity index (χ0v) is 39.2. The van der Waals surface area contributed by atoms with Gasteiger partial charge in [0.05, 0.1) is 70.6 Å². The van der Waals surface area contributed by atoms with E-state index in [2.05, 4.69) is 47.0 Å². The van der Waals surface area contributed by atoms with E-state index in [-0.39, 0.29) is 80.1 Å². The highest BCUT2D eigenvalue weighted by Gasteiger charge is 2.42. The van der Waals surface area contributed by atoms with Gasteiger partial charge in [-0.1, -0.05) is 12.5 Å². The molecule has 6 rings (SSSR count). The molecule has 68 heavy (non-hydrogen) atoms. The molecule has 20 nitrogen and oxygen atoms in total. The number of amides is 5. The molecule has 0 spiro atoms. The highest BCUT2D eigenvalue weighted by atomic mass is 32.2. The molecule has 2 fully saturated rings. The van der Waals surface area contributed by atoms with Crippen molar-refractivity contribution in [2.24, 2.45) is 0 Å². The molecule has 3 aliphatic rings. The second kappa shape index (κ2) is 28.9. The third-order valence-electron chi connectivity index (χ3n) is 11.3. The largest absolute Gasteiger partial charge is 0.487 e. The van der Waals surface area contributed by atoms with E-state index in [1.165, 1.54) is 12.1 Å². The third-order valence-corrected chi connectivity index (χ3v) is 12.8. The summed E-state index contributed by atoms with van der Waals surface area (Å²) in [5.74, 6) is 1.27. The van der Waals surface area contributed by atoms with E-state index in [1.807, 2.05) is 11.8 Å². The summed E-state index contributed by atoms with van der Waals surface area (Å²) in [5, 5.41) is 34.9. The summed E-state index contributed by atoms with van der Waals surface area (Å²) in [6.07, 6.45) is 5.36. The zero-order chi connectivity index (χ0) is 47.8. The van der Waals surface area contributed by atoms with Crippen molar-refractivity contribution in [3.63, 3.8) is 0 Å². The molecule has 374 valence electrons. The number of anilines is 2. The minimum atomic E-state index is -0.356. The van der Waals surface area contributed by atoms with Crippen molar-refractivity contribution in [2.75, 3.05) is 103 Å². The molecule has 2 aromatic carbocycles. The quantitative estimate of drug-likeness (QED) is 0.0141. The fraction of sp³-hybridized carbons (Fsp3) is 0.587. The van der Waals surface area contributed by atoms with E-state index in [4.69, 9.17) is 28.4 Å². The van der Waals surface area contributed by atoms with Crippen LogP contribution in [-0.4, -0.2) is 155 Å². The van der Waals surface area contributed by atoms with Crippen LogP contribution in [0.5, 0.6) is 11.5 Å². The van der Waals surface area contributed by atoms with E-state index >= 15 is 0 Å². The van der Waals surface area contributed by atoms with Crippen LogP contribution < -0.4 is 41.5 Å². The summed E-state index contributed by atoms with van der Waals surface area (Å²) in [5.41, 5.74) is 3.99. The minimum Gasteiger partial charge on any atom is -0.487 e. The summed E-state index contributed by atoms with van der Waals surface area (Å²) < 4.78 is 47.2. The molecule has 0 saturated carbocycles. The molecule has 3 atom stereocenters. The number of aromatic nitrogens is 2. The number of unbranched alkanes of at least 4 members (excludes halogenated alkanes) is 1. The summed E-state index contributed by atoms with van der Waals surface area (Å²) in [6, 6.07) is 9.96. The molecule has 1 unspecified atom stereocenters. The number of rotatable bonds is 35. The van der Waals surface area contributed by atoms with E-state index in [0.717, 1.165) is 53.8 Å². The van der Waals surface area contributed by atoms with Gasteiger partial charge in [-0.15, -0.1) is 0 Å². The van der Waals surface area contributed by atoms with Gasteiger partial charge >= 0.3 is 6.03 Å². The SMILES string of the molecule is O=C(CCCCC1SC[C@@H]2NC(=O)N[C@H]12)NCCCOCCOCCOCCCNC(=O)CCC(=O)NCCOCCOCCOc1cc2c(cc1OO)-c1[nH]nc(Nc3cccc(F)c3)c1C2. The normalized spacial score (nSPS) is 16.6. The molecule has 1 aromatic heterocycles. The Kier molecular flexibility index (Phi) is 22.2. The van der Waals surface area contributed by atoms with E-state index < -0.39 is 0 Å². The van der Waals surface area contributed by atoms with Gasteiger partial charge in [-0.05, 0) is 61.6 Å². The average molecular weight is 973 g/mol. The summed E-state index contributed by atoms with van der Waals surface area (Å²) >= 11 is 1.89. The maximum Gasteiger partial charge on any atom is 0.315 e. The molecule has 8 N–H and O–H groups in total. The van der Waals surface area contributed by atoms with Crippen molar-refractivity contribution in [1.82, 2.24) is 36.8 Å². The highest BCUT2D eigenvalue weighted by Crippen LogP contribution is 2.44. The number of carbonyl (C=O) groups is 4. The Balaban J connectivity index is 0.655. The average Bonchev–Trinajstić information content (AvgIpc) is 4.10.